The number of nitrogens with two attached hydrogens (primary N) is 1. The molecule has 1 aliphatic heterocycles. The van der Waals surface area contributed by atoms with E-state index in [9.17, 15) is 0 Å². The Morgan fingerprint density at radius 1 is 1.30 bits per heavy atom. The normalized spacial score (nSPS) is 22.3. The molecule has 106 valence electrons. The summed E-state index contributed by atoms with van der Waals surface area (Å²) in [6, 6.07) is 8.22. The maximum absolute atomic E-state index is 5.76. The van der Waals surface area contributed by atoms with Crippen molar-refractivity contribution in [1.29, 1.82) is 0 Å². The molecule has 1 saturated heterocycles. The van der Waals surface area contributed by atoms with Crippen LogP contribution in [0.3, 0.4) is 0 Å². The van der Waals surface area contributed by atoms with Crippen LogP contribution in [0.25, 0.3) is 0 Å². The standard InChI is InChI=1S/C15H19N3O2/c1-10-4-2-3-5-11(10)8-14-17-15(20-18-14)13-7-6-12(9-16)19-13/h2-5,12-13H,6-9,16H2,1H3. The first-order chi connectivity index (χ1) is 9.76. The van der Waals surface area contributed by atoms with E-state index in [1.54, 1.807) is 0 Å². The van der Waals surface area contributed by atoms with Crippen LogP contribution >= 0.6 is 0 Å². The summed E-state index contributed by atoms with van der Waals surface area (Å²) in [7, 11) is 0. The topological polar surface area (TPSA) is 74.2 Å². The summed E-state index contributed by atoms with van der Waals surface area (Å²) in [5.41, 5.74) is 8.06. The molecule has 0 bridgehead atoms. The zero-order chi connectivity index (χ0) is 13.9. The molecule has 1 aromatic carbocycles. The van der Waals surface area contributed by atoms with Crippen LogP contribution in [0.15, 0.2) is 28.8 Å². The van der Waals surface area contributed by atoms with Crippen LogP contribution in [0.5, 0.6) is 0 Å². The van der Waals surface area contributed by atoms with Gasteiger partial charge in [-0.2, -0.15) is 4.98 Å². The van der Waals surface area contributed by atoms with Crippen molar-refractivity contribution < 1.29 is 9.26 Å². The maximum Gasteiger partial charge on any atom is 0.255 e. The van der Waals surface area contributed by atoms with Crippen molar-refractivity contribution in [2.45, 2.75) is 38.4 Å². The SMILES string of the molecule is Cc1ccccc1Cc1noc(C2CCC(CN)O2)n1. The van der Waals surface area contributed by atoms with Gasteiger partial charge in [-0.15, -0.1) is 0 Å². The van der Waals surface area contributed by atoms with Gasteiger partial charge in [0, 0.05) is 13.0 Å². The molecule has 2 N–H and O–H groups in total. The number of aromatic nitrogens is 2. The average molecular weight is 273 g/mol. The van der Waals surface area contributed by atoms with Gasteiger partial charge < -0.3 is 15.0 Å². The minimum atomic E-state index is -0.0957. The highest BCUT2D eigenvalue weighted by molar-refractivity contribution is 5.28. The zero-order valence-corrected chi connectivity index (χ0v) is 11.6. The van der Waals surface area contributed by atoms with Gasteiger partial charge in [-0.05, 0) is 30.9 Å². The minimum Gasteiger partial charge on any atom is -0.364 e. The second-order valence-corrected chi connectivity index (χ2v) is 5.21. The van der Waals surface area contributed by atoms with Crippen molar-refractivity contribution in [1.82, 2.24) is 10.1 Å². The Balaban J connectivity index is 1.70. The molecule has 2 heterocycles. The number of benzene rings is 1. The van der Waals surface area contributed by atoms with E-state index < -0.39 is 0 Å². The first kappa shape index (κ1) is 13.3. The van der Waals surface area contributed by atoms with E-state index in [0.717, 1.165) is 12.8 Å². The highest BCUT2D eigenvalue weighted by atomic mass is 16.5. The summed E-state index contributed by atoms with van der Waals surface area (Å²) in [5.74, 6) is 1.28. The fourth-order valence-corrected chi connectivity index (χ4v) is 2.51. The largest absolute Gasteiger partial charge is 0.364 e. The molecular formula is C15H19N3O2. The smallest absolute Gasteiger partial charge is 0.255 e. The number of rotatable bonds is 4. The third-order valence-electron chi connectivity index (χ3n) is 3.74. The van der Waals surface area contributed by atoms with Crippen molar-refractivity contribution in [2.24, 2.45) is 5.73 Å². The molecule has 3 rings (SSSR count). The molecule has 0 spiro atoms. The summed E-state index contributed by atoms with van der Waals surface area (Å²) >= 11 is 0. The van der Waals surface area contributed by atoms with Crippen LogP contribution in [-0.4, -0.2) is 22.8 Å². The lowest BCUT2D eigenvalue weighted by atomic mass is 10.1. The lowest BCUT2D eigenvalue weighted by molar-refractivity contribution is 0.0307. The van der Waals surface area contributed by atoms with Gasteiger partial charge >= 0.3 is 0 Å². The first-order valence-electron chi connectivity index (χ1n) is 6.99. The van der Waals surface area contributed by atoms with Crippen LogP contribution in [0.2, 0.25) is 0 Å². The van der Waals surface area contributed by atoms with Crippen molar-refractivity contribution in [3.63, 3.8) is 0 Å². The Kier molecular flexibility index (Phi) is 3.80. The van der Waals surface area contributed by atoms with Gasteiger partial charge in [-0.25, -0.2) is 0 Å². The van der Waals surface area contributed by atoms with E-state index >= 15 is 0 Å². The molecule has 5 nitrogen and oxygen atoms in total. The van der Waals surface area contributed by atoms with Gasteiger partial charge in [-0.3, -0.25) is 0 Å². The predicted molar refractivity (Wildman–Crippen MR) is 74.2 cm³/mol. The third kappa shape index (κ3) is 2.73. The van der Waals surface area contributed by atoms with Crippen LogP contribution in [0.1, 0.15) is 41.8 Å². The lowest BCUT2D eigenvalue weighted by Crippen LogP contribution is -2.18. The van der Waals surface area contributed by atoms with Gasteiger partial charge in [0.2, 0.25) is 0 Å². The third-order valence-corrected chi connectivity index (χ3v) is 3.74. The first-order valence-corrected chi connectivity index (χ1v) is 6.99. The molecule has 5 heteroatoms. The highest BCUT2D eigenvalue weighted by Gasteiger charge is 2.29. The predicted octanol–water partition coefficient (Wildman–Crippen LogP) is 2.15. The van der Waals surface area contributed by atoms with Crippen LogP contribution in [0.4, 0.5) is 0 Å². The van der Waals surface area contributed by atoms with Crippen LogP contribution in [0, 0.1) is 6.92 Å². The molecule has 1 fully saturated rings. The van der Waals surface area contributed by atoms with E-state index in [1.165, 1.54) is 11.1 Å². The second kappa shape index (κ2) is 5.73. The second-order valence-electron chi connectivity index (χ2n) is 5.21. The summed E-state index contributed by atoms with van der Waals surface area (Å²) in [5, 5.41) is 4.05. The van der Waals surface area contributed by atoms with Crippen molar-refractivity contribution in [3.05, 3.63) is 47.1 Å². The van der Waals surface area contributed by atoms with Crippen molar-refractivity contribution >= 4 is 0 Å². The summed E-state index contributed by atoms with van der Waals surface area (Å²) in [6.07, 6.45) is 2.56. The van der Waals surface area contributed by atoms with Crippen molar-refractivity contribution in [2.75, 3.05) is 6.54 Å². The van der Waals surface area contributed by atoms with Crippen LogP contribution < -0.4 is 5.73 Å². The van der Waals surface area contributed by atoms with E-state index in [0.29, 0.717) is 24.7 Å². The fraction of sp³-hybridized carbons (Fsp3) is 0.467. The van der Waals surface area contributed by atoms with E-state index in [1.807, 2.05) is 12.1 Å². The van der Waals surface area contributed by atoms with Crippen molar-refractivity contribution in [3.8, 4) is 0 Å². The summed E-state index contributed by atoms with van der Waals surface area (Å²) in [6.45, 7) is 2.63. The molecule has 0 amide bonds. The monoisotopic (exact) mass is 273 g/mol. The summed E-state index contributed by atoms with van der Waals surface area (Å²) in [4.78, 5) is 4.45. The zero-order valence-electron chi connectivity index (χ0n) is 11.6. The minimum absolute atomic E-state index is 0.0957. The average Bonchev–Trinajstić information content (AvgIpc) is 3.10. The maximum atomic E-state index is 5.76. The van der Waals surface area contributed by atoms with E-state index in [4.69, 9.17) is 15.0 Å². The van der Waals surface area contributed by atoms with Gasteiger partial charge in [0.25, 0.3) is 5.89 Å². The van der Waals surface area contributed by atoms with E-state index in [-0.39, 0.29) is 12.2 Å². The molecular weight excluding hydrogens is 254 g/mol. The van der Waals surface area contributed by atoms with Crippen LogP contribution in [-0.2, 0) is 11.2 Å². The number of aryl methyl sites for hydroxylation is 1. The molecule has 1 aliphatic rings. The Hall–Kier alpha value is -1.72. The Morgan fingerprint density at radius 3 is 2.90 bits per heavy atom. The number of ether oxygens (including phenoxy) is 1. The molecule has 2 aromatic rings. The Morgan fingerprint density at radius 2 is 2.15 bits per heavy atom. The number of hydrogen-bond acceptors (Lipinski definition) is 5. The number of hydrogen-bond donors (Lipinski definition) is 1. The Bertz CT molecular complexity index is 582. The molecule has 2 atom stereocenters. The quantitative estimate of drug-likeness (QED) is 0.923. The van der Waals surface area contributed by atoms with E-state index in [2.05, 4.69) is 29.2 Å². The van der Waals surface area contributed by atoms with Gasteiger partial charge in [0.15, 0.2) is 5.82 Å². The van der Waals surface area contributed by atoms with Gasteiger partial charge in [0.1, 0.15) is 6.10 Å². The van der Waals surface area contributed by atoms with Gasteiger partial charge in [0.05, 0.1) is 6.10 Å². The molecule has 20 heavy (non-hydrogen) atoms. The summed E-state index contributed by atoms with van der Waals surface area (Å²) < 4.78 is 11.1. The fourth-order valence-electron chi connectivity index (χ4n) is 2.51. The van der Waals surface area contributed by atoms with Gasteiger partial charge in [-0.1, -0.05) is 29.4 Å². The number of nitrogens with zero attached hydrogens (tertiary/aromatic N) is 2. The highest BCUT2D eigenvalue weighted by Crippen LogP contribution is 2.31. The Labute approximate surface area is 118 Å². The molecule has 0 radical (unpaired) electrons. The molecule has 0 saturated carbocycles. The molecule has 1 aromatic heterocycles. The molecule has 0 aliphatic carbocycles. The molecule has 2 unspecified atom stereocenters. The lowest BCUT2D eigenvalue weighted by Gasteiger charge is -2.07.